The van der Waals surface area contributed by atoms with Gasteiger partial charge in [0.15, 0.2) is 0 Å². The van der Waals surface area contributed by atoms with E-state index in [0.717, 1.165) is 31.4 Å². The van der Waals surface area contributed by atoms with Gasteiger partial charge in [0.25, 0.3) is 5.91 Å². The number of halogens is 2. The molecule has 4 rings (SSSR count). The van der Waals surface area contributed by atoms with E-state index < -0.39 is 5.82 Å². The summed E-state index contributed by atoms with van der Waals surface area (Å²) in [6, 6.07) is 4.12. The number of carbonyl (C=O) groups is 1. The van der Waals surface area contributed by atoms with E-state index in [-0.39, 0.29) is 23.0 Å². The van der Waals surface area contributed by atoms with Crippen LogP contribution in [0.2, 0.25) is 5.02 Å². The highest BCUT2D eigenvalue weighted by molar-refractivity contribution is 6.31. The first-order chi connectivity index (χ1) is 13.9. The Hall–Kier alpha value is -2.12. The molecule has 0 bridgehead atoms. The highest BCUT2D eigenvalue weighted by Gasteiger charge is 2.43. The van der Waals surface area contributed by atoms with Crippen molar-refractivity contribution < 1.29 is 14.3 Å². The summed E-state index contributed by atoms with van der Waals surface area (Å²) in [7, 11) is 1.82. The minimum Gasteiger partial charge on any atom is -0.393 e. The van der Waals surface area contributed by atoms with Crippen LogP contribution in [0.5, 0.6) is 0 Å². The zero-order valence-electron chi connectivity index (χ0n) is 16.6. The number of carbonyl (C=O) groups excluding carboxylic acids is 1. The molecule has 2 saturated carbocycles. The summed E-state index contributed by atoms with van der Waals surface area (Å²) in [6.45, 7) is 2.68. The number of amides is 1. The fourth-order valence-corrected chi connectivity index (χ4v) is 5.14. The Balaban J connectivity index is 1.63. The van der Waals surface area contributed by atoms with Crippen molar-refractivity contribution in [1.82, 2.24) is 9.55 Å². The minimum absolute atomic E-state index is 0.0384. The number of aliphatic hydroxyl groups is 1. The van der Waals surface area contributed by atoms with Crippen LogP contribution in [0.3, 0.4) is 0 Å². The van der Waals surface area contributed by atoms with E-state index in [1.54, 1.807) is 4.57 Å². The molecule has 6 nitrogen and oxygen atoms in total. The van der Waals surface area contributed by atoms with Gasteiger partial charge in [-0.15, -0.1) is 0 Å². The molecule has 29 heavy (non-hydrogen) atoms. The van der Waals surface area contributed by atoms with Crippen LogP contribution in [-0.4, -0.2) is 33.2 Å². The van der Waals surface area contributed by atoms with Crippen molar-refractivity contribution in [2.45, 2.75) is 44.6 Å². The first-order valence-electron chi connectivity index (χ1n) is 10.1. The van der Waals surface area contributed by atoms with Gasteiger partial charge in [-0.2, -0.15) is 0 Å². The Bertz CT molecular complexity index is 918. The maximum atomic E-state index is 13.4. The number of aromatic nitrogens is 2. The lowest BCUT2D eigenvalue weighted by Crippen LogP contribution is -2.19. The molecule has 2 aromatic rings. The fraction of sp³-hybridized carbons (Fsp3) is 0.524. The standard InChI is InChI=1S/C21H26ClFN4O2/c1-3-24-21-26-18(13-6-11-8-15(28)9-12(11)7-13)19(27(21)2)20(29)25-14-4-5-17(23)16(22)10-14/h4-5,10-13,15,28H,3,6-9H2,1-2H3,(H,24,26)(H,25,29). The number of imidazole rings is 1. The molecule has 0 saturated heterocycles. The monoisotopic (exact) mass is 420 g/mol. The van der Waals surface area contributed by atoms with Gasteiger partial charge in [-0.25, -0.2) is 9.37 Å². The van der Waals surface area contributed by atoms with Gasteiger partial charge >= 0.3 is 0 Å². The van der Waals surface area contributed by atoms with Crippen molar-refractivity contribution in [2.24, 2.45) is 18.9 Å². The Kier molecular flexibility index (Phi) is 5.53. The van der Waals surface area contributed by atoms with Gasteiger partial charge in [0.05, 0.1) is 16.8 Å². The molecule has 2 fully saturated rings. The Morgan fingerprint density at radius 2 is 2.00 bits per heavy atom. The van der Waals surface area contributed by atoms with Crippen molar-refractivity contribution in [3.05, 3.63) is 40.4 Å². The van der Waals surface area contributed by atoms with E-state index in [2.05, 4.69) is 10.6 Å². The van der Waals surface area contributed by atoms with Gasteiger partial charge in [0, 0.05) is 25.2 Å². The number of rotatable bonds is 5. The lowest BCUT2D eigenvalue weighted by atomic mass is 9.97. The highest BCUT2D eigenvalue weighted by atomic mass is 35.5. The number of nitrogens with one attached hydrogen (secondary N) is 2. The van der Waals surface area contributed by atoms with Crippen molar-refractivity contribution >= 4 is 29.1 Å². The summed E-state index contributed by atoms with van der Waals surface area (Å²) in [4.78, 5) is 17.9. The summed E-state index contributed by atoms with van der Waals surface area (Å²) in [6.07, 6.45) is 3.35. The maximum Gasteiger partial charge on any atom is 0.274 e. The van der Waals surface area contributed by atoms with Crippen LogP contribution in [0.1, 0.15) is 54.7 Å². The van der Waals surface area contributed by atoms with Crippen LogP contribution in [-0.2, 0) is 7.05 Å². The molecule has 0 radical (unpaired) electrons. The van der Waals surface area contributed by atoms with Crippen molar-refractivity contribution in [2.75, 3.05) is 17.2 Å². The predicted octanol–water partition coefficient (Wildman–Crippen LogP) is 4.16. The third kappa shape index (κ3) is 3.85. The van der Waals surface area contributed by atoms with Crippen LogP contribution >= 0.6 is 11.6 Å². The third-order valence-corrected chi connectivity index (χ3v) is 6.52. The molecule has 2 aliphatic carbocycles. The van der Waals surface area contributed by atoms with Crippen molar-refractivity contribution in [3.8, 4) is 0 Å². The van der Waals surface area contributed by atoms with Gasteiger partial charge in [-0.05, 0) is 62.6 Å². The van der Waals surface area contributed by atoms with E-state index in [0.29, 0.717) is 35.7 Å². The molecule has 1 heterocycles. The topological polar surface area (TPSA) is 79.2 Å². The van der Waals surface area contributed by atoms with E-state index in [4.69, 9.17) is 16.6 Å². The molecule has 0 spiro atoms. The fourth-order valence-electron chi connectivity index (χ4n) is 4.96. The van der Waals surface area contributed by atoms with Gasteiger partial charge in [0.2, 0.25) is 5.95 Å². The number of hydrogen-bond donors (Lipinski definition) is 3. The number of nitrogens with zero attached hydrogens (tertiary/aromatic N) is 2. The van der Waals surface area contributed by atoms with E-state index in [1.165, 1.54) is 18.2 Å². The number of hydrogen-bond acceptors (Lipinski definition) is 4. The zero-order valence-corrected chi connectivity index (χ0v) is 17.3. The van der Waals surface area contributed by atoms with Crippen LogP contribution in [0, 0.1) is 17.7 Å². The molecule has 2 unspecified atom stereocenters. The quantitative estimate of drug-likeness (QED) is 0.678. The van der Waals surface area contributed by atoms with E-state index in [1.807, 2.05) is 14.0 Å². The largest absolute Gasteiger partial charge is 0.393 e. The molecule has 2 atom stereocenters. The summed E-state index contributed by atoms with van der Waals surface area (Å²) in [5.41, 5.74) is 1.73. The van der Waals surface area contributed by atoms with Gasteiger partial charge in [-0.1, -0.05) is 11.6 Å². The molecule has 1 amide bonds. The van der Waals surface area contributed by atoms with Gasteiger partial charge in [-0.3, -0.25) is 4.79 Å². The predicted molar refractivity (Wildman–Crippen MR) is 111 cm³/mol. The lowest BCUT2D eigenvalue weighted by molar-refractivity contribution is 0.101. The molecule has 156 valence electrons. The molecule has 2 aliphatic rings. The Morgan fingerprint density at radius 3 is 2.62 bits per heavy atom. The summed E-state index contributed by atoms with van der Waals surface area (Å²) in [5, 5.41) is 15.9. The Labute approximate surface area is 174 Å². The second-order valence-electron chi connectivity index (χ2n) is 8.16. The number of benzene rings is 1. The summed E-state index contributed by atoms with van der Waals surface area (Å²) >= 11 is 5.85. The third-order valence-electron chi connectivity index (χ3n) is 6.23. The number of anilines is 2. The molecule has 3 N–H and O–H groups in total. The molecule has 1 aromatic heterocycles. The first kappa shape index (κ1) is 20.2. The Morgan fingerprint density at radius 1 is 1.31 bits per heavy atom. The smallest absolute Gasteiger partial charge is 0.274 e. The van der Waals surface area contributed by atoms with Crippen LogP contribution in [0.4, 0.5) is 16.0 Å². The normalized spacial score (nSPS) is 25.8. The van der Waals surface area contributed by atoms with Crippen molar-refractivity contribution in [1.29, 1.82) is 0 Å². The summed E-state index contributed by atoms with van der Waals surface area (Å²) < 4.78 is 15.2. The van der Waals surface area contributed by atoms with Gasteiger partial charge < -0.3 is 20.3 Å². The van der Waals surface area contributed by atoms with Crippen LogP contribution in [0.15, 0.2) is 18.2 Å². The molecule has 0 aliphatic heterocycles. The number of fused-ring (bicyclic) bond motifs is 1. The van der Waals surface area contributed by atoms with Crippen LogP contribution in [0.25, 0.3) is 0 Å². The molecular weight excluding hydrogens is 395 g/mol. The molecular formula is C21H26ClFN4O2. The lowest BCUT2D eigenvalue weighted by Gasteiger charge is -2.13. The maximum absolute atomic E-state index is 13.4. The molecule has 1 aromatic carbocycles. The SMILES string of the molecule is CCNc1nc(C2CC3CC(O)CC3C2)c(C(=O)Nc2ccc(F)c(Cl)c2)n1C. The second kappa shape index (κ2) is 7.95. The van der Waals surface area contributed by atoms with Crippen molar-refractivity contribution in [3.63, 3.8) is 0 Å². The van der Waals surface area contributed by atoms with Gasteiger partial charge in [0.1, 0.15) is 11.5 Å². The number of aliphatic hydroxyl groups excluding tert-OH is 1. The highest BCUT2D eigenvalue weighted by Crippen LogP contribution is 2.51. The minimum atomic E-state index is -0.528. The average Bonchev–Trinajstić information content (AvgIpc) is 3.30. The first-order valence-corrected chi connectivity index (χ1v) is 10.5. The zero-order chi connectivity index (χ0) is 20.7. The molecule has 8 heteroatoms. The van der Waals surface area contributed by atoms with E-state index in [9.17, 15) is 14.3 Å². The average molecular weight is 421 g/mol. The second-order valence-corrected chi connectivity index (χ2v) is 8.56. The summed E-state index contributed by atoms with van der Waals surface area (Å²) in [5.74, 6) is 1.01. The van der Waals surface area contributed by atoms with Crippen LogP contribution < -0.4 is 10.6 Å². The van der Waals surface area contributed by atoms with E-state index >= 15 is 0 Å².